The zero-order chi connectivity index (χ0) is 22.1. The molecule has 2 aromatic heterocycles. The highest BCUT2D eigenvalue weighted by Crippen LogP contribution is 2.28. The van der Waals surface area contributed by atoms with Gasteiger partial charge in [0.25, 0.3) is 5.91 Å². The van der Waals surface area contributed by atoms with Gasteiger partial charge >= 0.3 is 0 Å². The minimum absolute atomic E-state index is 0.0153. The molecule has 1 atom stereocenters. The summed E-state index contributed by atoms with van der Waals surface area (Å²) in [6.45, 7) is 3.92. The van der Waals surface area contributed by atoms with E-state index in [1.165, 1.54) is 4.68 Å². The fourth-order valence-electron chi connectivity index (χ4n) is 3.10. The van der Waals surface area contributed by atoms with Crippen LogP contribution in [0.15, 0.2) is 47.6 Å². The molecule has 0 saturated heterocycles. The molecule has 0 aliphatic heterocycles. The Bertz CT molecular complexity index is 1330. The lowest BCUT2D eigenvalue weighted by Crippen LogP contribution is -2.32. The van der Waals surface area contributed by atoms with Crippen LogP contribution in [0.5, 0.6) is 0 Å². The van der Waals surface area contributed by atoms with Crippen molar-refractivity contribution in [3.8, 4) is 0 Å². The molecular weight excluding hydrogens is 435 g/mol. The lowest BCUT2D eigenvalue weighted by atomic mass is 10.2. The van der Waals surface area contributed by atoms with Crippen LogP contribution in [-0.4, -0.2) is 32.8 Å². The second kappa shape index (κ2) is 8.53. The molecule has 3 N–H and O–H groups in total. The number of nitrogens with zero attached hydrogens (tertiary/aromatic N) is 4. The van der Waals surface area contributed by atoms with Crippen molar-refractivity contribution in [2.75, 3.05) is 5.73 Å². The van der Waals surface area contributed by atoms with Crippen LogP contribution in [0.3, 0.4) is 0 Å². The molecule has 0 spiro atoms. The molecule has 1 unspecified atom stereocenters. The van der Waals surface area contributed by atoms with Gasteiger partial charge in [0.2, 0.25) is 0 Å². The van der Waals surface area contributed by atoms with Gasteiger partial charge in [0.1, 0.15) is 16.9 Å². The van der Waals surface area contributed by atoms with Crippen molar-refractivity contribution in [2.45, 2.75) is 26.3 Å². The van der Waals surface area contributed by atoms with Crippen LogP contribution in [0.1, 0.15) is 36.2 Å². The third kappa shape index (κ3) is 4.06. The molecule has 4 aromatic rings. The Labute approximate surface area is 188 Å². The maximum atomic E-state index is 13.0. The van der Waals surface area contributed by atoms with Gasteiger partial charge in [0.15, 0.2) is 5.65 Å². The van der Waals surface area contributed by atoms with E-state index >= 15 is 0 Å². The summed E-state index contributed by atoms with van der Waals surface area (Å²) in [5.41, 5.74) is 9.46. The molecule has 0 radical (unpaired) electrons. The first-order chi connectivity index (χ1) is 14.9. The van der Waals surface area contributed by atoms with Crippen LogP contribution in [0.2, 0.25) is 10.0 Å². The number of amides is 1. The number of fused-ring (bicyclic) bond motifs is 2. The number of carbonyl (C=O) groups excluding carboxylic acids is 1. The van der Waals surface area contributed by atoms with Gasteiger partial charge in [-0.15, -0.1) is 0 Å². The Hall–Kier alpha value is -3.16. The number of carbonyl (C=O) groups is 1. The molecule has 0 fully saturated rings. The minimum Gasteiger partial charge on any atom is -0.383 e. The van der Waals surface area contributed by atoms with Crippen molar-refractivity contribution in [1.29, 1.82) is 0 Å². The Morgan fingerprint density at radius 3 is 2.58 bits per heavy atom. The topological polar surface area (TPSA) is 98.2 Å². The highest BCUT2D eigenvalue weighted by atomic mass is 35.5. The van der Waals surface area contributed by atoms with Crippen molar-refractivity contribution in [3.05, 3.63) is 63.6 Å². The molecule has 0 aliphatic rings. The summed E-state index contributed by atoms with van der Waals surface area (Å²) >= 11 is 12.1. The summed E-state index contributed by atoms with van der Waals surface area (Å²) in [5, 5.41) is 8.27. The number of hydrogen-bond acceptors (Lipinski definition) is 5. The zero-order valence-electron chi connectivity index (χ0n) is 16.9. The number of rotatable bonds is 5. The number of hydrogen-bond donors (Lipinski definition) is 2. The smallest absolute Gasteiger partial charge is 0.257 e. The second-order valence-corrected chi connectivity index (χ2v) is 7.97. The number of anilines is 1. The molecule has 2 aromatic carbocycles. The van der Waals surface area contributed by atoms with Gasteiger partial charge in [-0.3, -0.25) is 4.79 Å². The van der Waals surface area contributed by atoms with Gasteiger partial charge in [-0.1, -0.05) is 48.3 Å². The van der Waals surface area contributed by atoms with E-state index in [-0.39, 0.29) is 23.3 Å². The highest BCUT2D eigenvalue weighted by molar-refractivity contribution is 6.42. The standard InChI is InChI=1S/C22H20Cl2N6O/c1-3-12(2)27-22(31)18-19-21(29-17-7-5-4-6-16(17)28-19)30(20(18)25)26-11-13-8-9-14(23)15(24)10-13/h4-12H,3,25H2,1-2H3,(H,27,31). The van der Waals surface area contributed by atoms with Gasteiger partial charge in [-0.25, -0.2) is 9.97 Å². The van der Waals surface area contributed by atoms with E-state index in [0.29, 0.717) is 32.2 Å². The Morgan fingerprint density at radius 1 is 1.19 bits per heavy atom. The SMILES string of the molecule is CCC(C)NC(=O)c1c(N)n(N=Cc2ccc(Cl)c(Cl)c2)c2nc3ccccc3nc12. The second-order valence-electron chi connectivity index (χ2n) is 7.16. The summed E-state index contributed by atoms with van der Waals surface area (Å²) in [7, 11) is 0. The first-order valence-electron chi connectivity index (χ1n) is 9.76. The van der Waals surface area contributed by atoms with Crippen LogP contribution >= 0.6 is 23.2 Å². The fourth-order valence-corrected chi connectivity index (χ4v) is 3.41. The van der Waals surface area contributed by atoms with Gasteiger partial charge in [0, 0.05) is 6.04 Å². The van der Waals surface area contributed by atoms with Crippen LogP contribution in [0, 0.1) is 0 Å². The van der Waals surface area contributed by atoms with E-state index in [9.17, 15) is 4.79 Å². The molecule has 0 aliphatic carbocycles. The zero-order valence-corrected chi connectivity index (χ0v) is 18.4. The highest BCUT2D eigenvalue weighted by Gasteiger charge is 2.24. The molecule has 1 amide bonds. The quantitative estimate of drug-likeness (QED) is 0.419. The average Bonchev–Trinajstić information content (AvgIpc) is 3.03. The lowest BCUT2D eigenvalue weighted by molar-refractivity contribution is 0.0941. The summed E-state index contributed by atoms with van der Waals surface area (Å²) in [6, 6.07) is 12.5. The number of nitrogens with one attached hydrogen (secondary N) is 1. The molecule has 2 heterocycles. The molecule has 4 rings (SSSR count). The van der Waals surface area contributed by atoms with Gasteiger partial charge in [0.05, 0.1) is 27.3 Å². The summed E-state index contributed by atoms with van der Waals surface area (Å²) < 4.78 is 1.42. The van der Waals surface area contributed by atoms with Crippen LogP contribution < -0.4 is 11.1 Å². The Kier molecular flexibility index (Phi) is 5.80. The Morgan fingerprint density at radius 2 is 1.90 bits per heavy atom. The largest absolute Gasteiger partial charge is 0.383 e. The number of para-hydroxylation sites is 2. The number of nitrogens with two attached hydrogens (primary N) is 1. The van der Waals surface area contributed by atoms with E-state index in [2.05, 4.69) is 20.4 Å². The number of aromatic nitrogens is 3. The third-order valence-electron chi connectivity index (χ3n) is 4.96. The van der Waals surface area contributed by atoms with Crippen LogP contribution in [-0.2, 0) is 0 Å². The van der Waals surface area contributed by atoms with Crippen molar-refractivity contribution >= 4 is 63.3 Å². The number of nitrogen functional groups attached to an aromatic ring is 1. The molecule has 0 bridgehead atoms. The molecule has 0 saturated carbocycles. The van der Waals surface area contributed by atoms with E-state index in [4.69, 9.17) is 28.9 Å². The predicted octanol–water partition coefficient (Wildman–Crippen LogP) is 4.88. The monoisotopic (exact) mass is 454 g/mol. The number of benzene rings is 2. The van der Waals surface area contributed by atoms with E-state index in [0.717, 1.165) is 12.0 Å². The normalized spacial score (nSPS) is 12.6. The lowest BCUT2D eigenvalue weighted by Gasteiger charge is -2.11. The summed E-state index contributed by atoms with van der Waals surface area (Å²) in [4.78, 5) is 22.3. The Balaban J connectivity index is 1.90. The summed E-state index contributed by atoms with van der Waals surface area (Å²) in [5.74, 6) is -0.160. The van der Waals surface area contributed by atoms with Gasteiger partial charge < -0.3 is 11.1 Å². The molecule has 9 heteroatoms. The average molecular weight is 455 g/mol. The maximum absolute atomic E-state index is 13.0. The first kappa shape index (κ1) is 21.1. The first-order valence-corrected chi connectivity index (χ1v) is 10.5. The van der Waals surface area contributed by atoms with Crippen molar-refractivity contribution in [1.82, 2.24) is 20.0 Å². The van der Waals surface area contributed by atoms with Crippen molar-refractivity contribution < 1.29 is 4.79 Å². The van der Waals surface area contributed by atoms with Crippen molar-refractivity contribution in [3.63, 3.8) is 0 Å². The van der Waals surface area contributed by atoms with Crippen LogP contribution in [0.4, 0.5) is 5.82 Å². The van der Waals surface area contributed by atoms with Gasteiger partial charge in [-0.2, -0.15) is 9.78 Å². The molecule has 158 valence electrons. The van der Waals surface area contributed by atoms with E-state index < -0.39 is 0 Å². The number of halogens is 2. The maximum Gasteiger partial charge on any atom is 0.257 e. The molecule has 7 nitrogen and oxygen atoms in total. The summed E-state index contributed by atoms with van der Waals surface area (Å²) in [6.07, 6.45) is 2.36. The molecule has 31 heavy (non-hydrogen) atoms. The van der Waals surface area contributed by atoms with Gasteiger partial charge in [-0.05, 0) is 43.2 Å². The third-order valence-corrected chi connectivity index (χ3v) is 5.70. The minimum atomic E-state index is -0.315. The molecular formula is C22H20Cl2N6O. The predicted molar refractivity (Wildman–Crippen MR) is 126 cm³/mol. The van der Waals surface area contributed by atoms with E-state index in [1.807, 2.05) is 38.1 Å². The van der Waals surface area contributed by atoms with Crippen LogP contribution in [0.25, 0.3) is 22.2 Å². The van der Waals surface area contributed by atoms with E-state index in [1.54, 1.807) is 24.4 Å². The fraction of sp³-hybridized carbons (Fsp3) is 0.182. The van der Waals surface area contributed by atoms with Crippen molar-refractivity contribution in [2.24, 2.45) is 5.10 Å².